The smallest absolute Gasteiger partial charge is 0.401 e. The quantitative estimate of drug-likeness (QED) is 0.0534. The van der Waals surface area contributed by atoms with Crippen LogP contribution in [0.1, 0.15) is 57.0 Å². The summed E-state index contributed by atoms with van der Waals surface area (Å²) in [5.41, 5.74) is 10.3. The minimum absolute atomic E-state index is 0.362. The van der Waals surface area contributed by atoms with Crippen LogP contribution in [-0.4, -0.2) is 40.0 Å². The molecule has 0 aromatic heterocycles. The highest BCUT2D eigenvalue weighted by atomic mass is 28.5. The van der Waals surface area contributed by atoms with Crippen molar-refractivity contribution >= 4 is 40.0 Å². The second kappa shape index (κ2) is 25.4. The van der Waals surface area contributed by atoms with Gasteiger partial charge in [0.1, 0.15) is 0 Å². The Labute approximate surface area is 443 Å². The van der Waals surface area contributed by atoms with Crippen LogP contribution in [0.2, 0.25) is 0 Å². The van der Waals surface area contributed by atoms with Gasteiger partial charge in [0.2, 0.25) is 0 Å². The molecule has 0 aliphatic carbocycles. The van der Waals surface area contributed by atoms with E-state index in [-0.39, 0.29) is 5.97 Å². The first kappa shape index (κ1) is 52.1. The minimum Gasteiger partial charge on any atom is -0.494 e. The zero-order valence-corrected chi connectivity index (χ0v) is 46.4. The largest absolute Gasteiger partial charge is 0.494 e. The normalized spacial score (nSPS) is 12.0. The predicted molar refractivity (Wildman–Crippen MR) is 309 cm³/mol. The van der Waals surface area contributed by atoms with Crippen LogP contribution < -0.4 is 0 Å². The van der Waals surface area contributed by atoms with Crippen molar-refractivity contribution in [2.45, 2.75) is 61.3 Å². The van der Waals surface area contributed by atoms with Gasteiger partial charge in [-0.15, -0.1) is 0 Å². The number of carbonyl (C=O) groups is 1. The molecular formula is C65H66O5Si4. The Kier molecular flexibility index (Phi) is 17.9. The second-order valence-electron chi connectivity index (χ2n) is 19.8. The van der Waals surface area contributed by atoms with Gasteiger partial charge in [0.15, 0.2) is 8.32 Å². The molecule has 0 aliphatic rings. The van der Waals surface area contributed by atoms with E-state index in [2.05, 4.69) is 261 Å². The molecule has 0 spiro atoms. The lowest BCUT2D eigenvalue weighted by Gasteiger charge is -2.49. The van der Waals surface area contributed by atoms with Crippen molar-refractivity contribution in [2.24, 2.45) is 0 Å². The van der Waals surface area contributed by atoms with Gasteiger partial charge in [0, 0.05) is 43.2 Å². The van der Waals surface area contributed by atoms with Gasteiger partial charge in [-0.3, -0.25) is 4.79 Å². The number of rotatable bonds is 25. The summed E-state index contributed by atoms with van der Waals surface area (Å²) in [5, 5.41) is 0. The highest BCUT2D eigenvalue weighted by molar-refractivity contribution is 6.90. The van der Waals surface area contributed by atoms with Gasteiger partial charge >= 0.3 is 25.7 Å². The first-order valence-corrected chi connectivity index (χ1v) is 35.1. The molecule has 9 aromatic rings. The van der Waals surface area contributed by atoms with E-state index in [9.17, 15) is 4.79 Å². The van der Waals surface area contributed by atoms with E-state index in [4.69, 9.17) is 16.8 Å². The lowest BCUT2D eigenvalue weighted by atomic mass is 10.2. The van der Waals surface area contributed by atoms with E-state index in [0.29, 0.717) is 36.3 Å². The number of hydrogen-bond donors (Lipinski definition) is 0. The Balaban J connectivity index is 1.34. The van der Waals surface area contributed by atoms with E-state index >= 15 is 0 Å². The first-order chi connectivity index (χ1) is 36.2. The summed E-state index contributed by atoms with van der Waals surface area (Å²) < 4.78 is 33.1. The summed E-state index contributed by atoms with van der Waals surface area (Å²) in [5.74, 6) is -0.362. The molecule has 9 aromatic carbocycles. The van der Waals surface area contributed by atoms with E-state index in [1.165, 1.54) is 23.6 Å². The summed E-state index contributed by atoms with van der Waals surface area (Å²) in [7, 11) is -14.5. The van der Waals surface area contributed by atoms with E-state index in [0.717, 1.165) is 51.5 Å². The average Bonchev–Trinajstić information content (AvgIpc) is 3.41. The molecule has 372 valence electrons. The first-order valence-electron chi connectivity index (χ1n) is 25.9. The summed E-state index contributed by atoms with van der Waals surface area (Å²) in [6.07, 6.45) is 0. The fraction of sp³-hybridized carbons (Fsp3) is 0.154. The van der Waals surface area contributed by atoms with Crippen molar-refractivity contribution in [3.8, 4) is 0 Å². The van der Waals surface area contributed by atoms with Gasteiger partial charge in [-0.1, -0.05) is 273 Å². The lowest BCUT2D eigenvalue weighted by molar-refractivity contribution is -0.133. The summed E-state index contributed by atoms with van der Waals surface area (Å²) in [4.78, 5) is 14.0. The Bertz CT molecular complexity index is 2830. The van der Waals surface area contributed by atoms with Crippen LogP contribution in [-0.2, 0) is 76.0 Å². The number of carbonyl (C=O) groups excluding carboxylic acids is 1. The standard InChI is InChI=1S/C65H66O5Si4/c1-56(66)67-72(50-60-35-17-5-18-36-60,51-61-37-19-6-20-38-61)69-74(54-64-43-25-9-26-44-64,55-65-45-27-10-28-46-65)70-73(52-62-39-21-7-22-40-62,53-63-41-23-8-24-42-63)68-71(47-57-29-11-2-12-30-57,48-58-31-13-3-14-32-58)49-59-33-15-4-16-34-59/h2-46H,47-55H2,1H3. The third-order valence-corrected chi connectivity index (χ3v) is 32.2. The second-order valence-corrected chi connectivity index (χ2v) is 33.4. The van der Waals surface area contributed by atoms with Crippen molar-refractivity contribution < 1.29 is 21.6 Å². The van der Waals surface area contributed by atoms with Crippen LogP contribution in [0, 0.1) is 0 Å². The van der Waals surface area contributed by atoms with Gasteiger partial charge in [-0.25, -0.2) is 0 Å². The van der Waals surface area contributed by atoms with E-state index in [1.54, 1.807) is 0 Å². The maximum absolute atomic E-state index is 14.0. The number of benzene rings is 9. The molecule has 0 amide bonds. The molecule has 0 N–H and O–H groups in total. The van der Waals surface area contributed by atoms with Crippen molar-refractivity contribution in [2.75, 3.05) is 0 Å². The topological polar surface area (TPSA) is 54.0 Å². The van der Waals surface area contributed by atoms with Gasteiger partial charge in [0.25, 0.3) is 5.97 Å². The van der Waals surface area contributed by atoms with Crippen LogP contribution in [0.25, 0.3) is 0 Å². The van der Waals surface area contributed by atoms with Gasteiger partial charge < -0.3 is 16.8 Å². The molecule has 0 saturated carbocycles. The fourth-order valence-corrected chi connectivity index (χ4v) is 33.7. The maximum Gasteiger partial charge on any atom is 0.401 e. The Hall–Kier alpha value is -6.80. The average molecular weight is 1040 g/mol. The highest BCUT2D eigenvalue weighted by Crippen LogP contribution is 2.38. The molecule has 0 atom stereocenters. The molecule has 74 heavy (non-hydrogen) atoms. The van der Waals surface area contributed by atoms with E-state index in [1.807, 2.05) is 12.1 Å². The molecule has 0 fully saturated rings. The van der Waals surface area contributed by atoms with Crippen molar-refractivity contribution in [3.05, 3.63) is 323 Å². The van der Waals surface area contributed by atoms with Crippen molar-refractivity contribution in [3.63, 3.8) is 0 Å². The molecular weight excluding hydrogens is 973 g/mol. The van der Waals surface area contributed by atoms with Crippen LogP contribution in [0.4, 0.5) is 0 Å². The molecule has 9 rings (SSSR count). The minimum atomic E-state index is -3.86. The molecule has 5 nitrogen and oxygen atoms in total. The van der Waals surface area contributed by atoms with Crippen LogP contribution >= 0.6 is 0 Å². The van der Waals surface area contributed by atoms with E-state index < -0.39 is 34.0 Å². The zero-order chi connectivity index (χ0) is 50.8. The van der Waals surface area contributed by atoms with Crippen molar-refractivity contribution in [1.82, 2.24) is 0 Å². The van der Waals surface area contributed by atoms with Crippen LogP contribution in [0.15, 0.2) is 273 Å². The molecule has 0 radical (unpaired) electrons. The Morgan fingerprint density at radius 3 is 0.649 bits per heavy atom. The zero-order valence-electron chi connectivity index (χ0n) is 42.4. The van der Waals surface area contributed by atoms with Gasteiger partial charge in [-0.2, -0.15) is 0 Å². The molecule has 0 heterocycles. The molecule has 0 saturated heterocycles. The fourth-order valence-electron chi connectivity index (χ4n) is 10.7. The lowest BCUT2D eigenvalue weighted by Crippen LogP contribution is -2.69. The summed E-state index contributed by atoms with van der Waals surface area (Å²) >= 11 is 0. The third-order valence-electron chi connectivity index (χ3n) is 13.5. The predicted octanol–water partition coefficient (Wildman–Crippen LogP) is 13.9. The highest BCUT2D eigenvalue weighted by Gasteiger charge is 2.58. The molecule has 0 unspecified atom stereocenters. The van der Waals surface area contributed by atoms with Crippen molar-refractivity contribution in [1.29, 1.82) is 0 Å². The van der Waals surface area contributed by atoms with Gasteiger partial charge in [-0.05, 0) is 68.2 Å². The van der Waals surface area contributed by atoms with Crippen LogP contribution in [0.5, 0.6) is 0 Å². The Morgan fingerprint density at radius 1 is 0.257 bits per heavy atom. The molecule has 0 bridgehead atoms. The molecule has 0 aliphatic heterocycles. The maximum atomic E-state index is 14.0. The summed E-state index contributed by atoms with van der Waals surface area (Å²) in [6.45, 7) is 1.53. The number of hydrogen-bond acceptors (Lipinski definition) is 5. The van der Waals surface area contributed by atoms with Crippen LogP contribution in [0.3, 0.4) is 0 Å². The summed E-state index contributed by atoms with van der Waals surface area (Å²) in [6, 6.07) is 102. The SMILES string of the molecule is CC(=O)O[Si](Cc1ccccc1)(Cc1ccccc1)O[Si](Cc1ccccc1)(Cc1ccccc1)O[Si](Cc1ccccc1)(Cc1ccccc1)O[Si](Cc1ccccc1)(Cc1ccccc1)Cc1ccccc1. The monoisotopic (exact) mass is 1040 g/mol. The van der Waals surface area contributed by atoms with Gasteiger partial charge in [0.05, 0.1) is 0 Å². The molecule has 9 heteroatoms. The Morgan fingerprint density at radius 2 is 0.432 bits per heavy atom. The third kappa shape index (κ3) is 15.1.